The maximum Gasteiger partial charge on any atom is 0.472 e. The second-order valence-corrected chi connectivity index (χ2v) is 31.0. The molecule has 564 valence electrons. The van der Waals surface area contributed by atoms with Gasteiger partial charge in [0, 0.05) is 25.7 Å². The van der Waals surface area contributed by atoms with Crippen LogP contribution in [-0.4, -0.2) is 96.7 Å². The number of aliphatic hydroxyl groups is 1. The minimum absolute atomic E-state index is 0.104. The lowest BCUT2D eigenvalue weighted by Crippen LogP contribution is -2.30. The van der Waals surface area contributed by atoms with E-state index in [1.165, 1.54) is 199 Å². The van der Waals surface area contributed by atoms with Gasteiger partial charge in [0.2, 0.25) is 0 Å². The smallest absolute Gasteiger partial charge is 0.462 e. The first-order valence-electron chi connectivity index (χ1n) is 39.5. The normalized spacial score (nSPS) is 14.3. The summed E-state index contributed by atoms with van der Waals surface area (Å²) in [7, 11) is -9.90. The van der Waals surface area contributed by atoms with E-state index in [-0.39, 0.29) is 25.7 Å². The number of hydrogen-bond donors (Lipinski definition) is 3. The third kappa shape index (κ3) is 69.0. The molecule has 0 bridgehead atoms. The van der Waals surface area contributed by atoms with Gasteiger partial charge in [0.1, 0.15) is 19.3 Å². The van der Waals surface area contributed by atoms with Crippen molar-refractivity contribution in [1.82, 2.24) is 0 Å². The molecule has 0 heterocycles. The summed E-state index contributed by atoms with van der Waals surface area (Å²) >= 11 is 0. The Morgan fingerprint density at radius 2 is 0.537 bits per heavy atom. The first-order chi connectivity index (χ1) is 45.9. The van der Waals surface area contributed by atoms with Crippen LogP contribution in [0.5, 0.6) is 0 Å². The SMILES string of the molecule is CCCCCCCCCCCCCCCCCC(=O)OC[C@H](COP(=O)(O)OC[C@@H](O)COP(=O)(O)OC[C@@H](COC(=O)CCCCCCCCC)OC(=O)CCCCCCCCCCC(C)C)OC(=O)CCCCCCCCCCCCCCCCCCCCC(C)CC. The average Bonchev–Trinajstić information content (AvgIpc) is 2.49. The number of phosphoric ester groups is 2. The maximum atomic E-state index is 13.1. The molecule has 3 N–H and O–H groups in total. The van der Waals surface area contributed by atoms with E-state index in [9.17, 15) is 43.2 Å². The number of esters is 4. The van der Waals surface area contributed by atoms with Gasteiger partial charge in [0.05, 0.1) is 26.4 Å². The van der Waals surface area contributed by atoms with Gasteiger partial charge in [-0.3, -0.25) is 37.3 Å². The Morgan fingerprint density at radius 3 is 0.800 bits per heavy atom. The topological polar surface area (TPSA) is 237 Å². The Hall–Kier alpha value is -1.94. The highest BCUT2D eigenvalue weighted by Crippen LogP contribution is 2.45. The highest BCUT2D eigenvalue weighted by Gasteiger charge is 2.30. The number of phosphoric acid groups is 2. The molecule has 17 nitrogen and oxygen atoms in total. The van der Waals surface area contributed by atoms with Crippen LogP contribution in [0.3, 0.4) is 0 Å². The van der Waals surface area contributed by atoms with Crippen molar-refractivity contribution in [2.45, 2.75) is 413 Å². The van der Waals surface area contributed by atoms with Crippen LogP contribution < -0.4 is 0 Å². The number of ether oxygens (including phenoxy) is 4. The minimum atomic E-state index is -4.96. The Kier molecular flexibility index (Phi) is 66.5. The van der Waals surface area contributed by atoms with Crippen molar-refractivity contribution in [3.8, 4) is 0 Å². The lowest BCUT2D eigenvalue weighted by Gasteiger charge is -2.21. The van der Waals surface area contributed by atoms with E-state index in [4.69, 9.17) is 37.0 Å². The van der Waals surface area contributed by atoms with Crippen LogP contribution in [0.25, 0.3) is 0 Å². The zero-order valence-electron chi connectivity index (χ0n) is 62.0. The van der Waals surface area contributed by atoms with Gasteiger partial charge in [-0.25, -0.2) is 9.13 Å². The molecular formula is C76H148O17P2. The monoisotopic (exact) mass is 1400 g/mol. The highest BCUT2D eigenvalue weighted by molar-refractivity contribution is 7.47. The van der Waals surface area contributed by atoms with Crippen LogP contribution in [0.2, 0.25) is 0 Å². The van der Waals surface area contributed by atoms with E-state index in [0.29, 0.717) is 25.7 Å². The lowest BCUT2D eigenvalue weighted by molar-refractivity contribution is -0.161. The van der Waals surface area contributed by atoms with Crippen molar-refractivity contribution in [3.05, 3.63) is 0 Å². The van der Waals surface area contributed by atoms with E-state index in [0.717, 1.165) is 115 Å². The highest BCUT2D eigenvalue weighted by atomic mass is 31.2. The molecule has 0 aromatic rings. The van der Waals surface area contributed by atoms with Gasteiger partial charge in [-0.15, -0.1) is 0 Å². The average molecular weight is 1400 g/mol. The summed E-state index contributed by atoms with van der Waals surface area (Å²) < 4.78 is 68.4. The number of hydrogen-bond acceptors (Lipinski definition) is 15. The van der Waals surface area contributed by atoms with Crippen molar-refractivity contribution in [1.29, 1.82) is 0 Å². The molecule has 95 heavy (non-hydrogen) atoms. The summed E-state index contributed by atoms with van der Waals surface area (Å²) in [6.07, 6.45) is 55.7. The number of unbranched alkanes of at least 4 members (excludes halogenated alkanes) is 44. The molecule has 0 aliphatic rings. The first-order valence-corrected chi connectivity index (χ1v) is 42.5. The van der Waals surface area contributed by atoms with Crippen LogP contribution in [0.1, 0.15) is 395 Å². The van der Waals surface area contributed by atoms with E-state index in [1.807, 2.05) is 0 Å². The number of carbonyl (C=O) groups excluding carboxylic acids is 4. The summed E-state index contributed by atoms with van der Waals surface area (Å²) in [5.41, 5.74) is 0. The summed E-state index contributed by atoms with van der Waals surface area (Å²) in [6.45, 7) is 9.58. The molecular weight excluding hydrogens is 1250 g/mol. The third-order valence-electron chi connectivity index (χ3n) is 18.1. The second-order valence-electron chi connectivity index (χ2n) is 28.1. The van der Waals surface area contributed by atoms with E-state index in [2.05, 4.69) is 41.5 Å². The number of aliphatic hydroxyl groups excluding tert-OH is 1. The van der Waals surface area contributed by atoms with Crippen molar-refractivity contribution < 1.29 is 80.2 Å². The number of carbonyl (C=O) groups is 4. The lowest BCUT2D eigenvalue weighted by atomic mass is 9.99. The predicted molar refractivity (Wildman–Crippen MR) is 386 cm³/mol. The maximum absolute atomic E-state index is 13.1. The molecule has 0 aliphatic heterocycles. The summed E-state index contributed by atoms with van der Waals surface area (Å²) in [5.74, 6) is -0.532. The quantitative estimate of drug-likeness (QED) is 0.0222. The Morgan fingerprint density at radius 1 is 0.305 bits per heavy atom. The van der Waals surface area contributed by atoms with Gasteiger partial charge in [-0.1, -0.05) is 343 Å². The molecule has 0 radical (unpaired) electrons. The molecule has 0 fully saturated rings. The molecule has 6 atom stereocenters. The van der Waals surface area contributed by atoms with Crippen molar-refractivity contribution in [3.63, 3.8) is 0 Å². The molecule has 19 heteroatoms. The van der Waals surface area contributed by atoms with Crippen LogP contribution in [0, 0.1) is 11.8 Å². The van der Waals surface area contributed by atoms with Crippen molar-refractivity contribution in [2.75, 3.05) is 39.6 Å². The standard InChI is InChI=1S/C76H148O17P2/c1-7-10-12-14-16-17-18-19-24-28-31-34-41-47-53-59-74(79)87-65-72(92-75(80)60-54-48-42-35-32-29-26-23-21-20-22-25-27-30-33-40-45-51-57-69(6)9-3)67-91-95(84,85)89-63-70(77)62-88-94(82,83)90-66-71(64-86-73(78)58-52-46-38-15-13-11-8-2)93-76(81)61-55-49-43-37-36-39-44-50-56-68(4)5/h68-72,77H,7-67H2,1-6H3,(H,82,83)(H,84,85)/t69?,70-,71+,72+/m0/s1. The van der Waals surface area contributed by atoms with Gasteiger partial charge < -0.3 is 33.8 Å². The first kappa shape index (κ1) is 93.1. The van der Waals surface area contributed by atoms with Crippen LogP contribution in [0.15, 0.2) is 0 Å². The largest absolute Gasteiger partial charge is 0.472 e. The van der Waals surface area contributed by atoms with Gasteiger partial charge in [0.25, 0.3) is 0 Å². The summed E-state index contributed by atoms with van der Waals surface area (Å²) in [6, 6.07) is 0. The third-order valence-corrected chi connectivity index (χ3v) is 20.0. The van der Waals surface area contributed by atoms with Crippen molar-refractivity contribution >= 4 is 39.5 Å². The minimum Gasteiger partial charge on any atom is -0.462 e. The zero-order valence-corrected chi connectivity index (χ0v) is 63.8. The fourth-order valence-electron chi connectivity index (χ4n) is 11.6. The second kappa shape index (κ2) is 67.9. The summed E-state index contributed by atoms with van der Waals surface area (Å²) in [5, 5.41) is 10.6. The zero-order chi connectivity index (χ0) is 70.0. The molecule has 0 spiro atoms. The molecule has 0 aliphatic carbocycles. The van der Waals surface area contributed by atoms with Gasteiger partial charge in [0.15, 0.2) is 12.2 Å². The van der Waals surface area contributed by atoms with Crippen LogP contribution in [-0.2, 0) is 65.4 Å². The van der Waals surface area contributed by atoms with E-state index >= 15 is 0 Å². The molecule has 0 amide bonds. The van der Waals surface area contributed by atoms with Gasteiger partial charge >= 0.3 is 39.5 Å². The molecule has 0 aromatic carbocycles. The molecule has 0 saturated heterocycles. The molecule has 3 unspecified atom stereocenters. The number of rotatable bonds is 75. The Labute approximate surface area is 581 Å². The van der Waals surface area contributed by atoms with Crippen LogP contribution >= 0.6 is 15.6 Å². The predicted octanol–water partition coefficient (Wildman–Crippen LogP) is 22.3. The van der Waals surface area contributed by atoms with Crippen LogP contribution in [0.4, 0.5) is 0 Å². The van der Waals surface area contributed by atoms with E-state index in [1.54, 1.807) is 0 Å². The Balaban J connectivity index is 5.15. The fourth-order valence-corrected chi connectivity index (χ4v) is 13.2. The molecule has 0 rings (SSSR count). The fraction of sp³-hybridized carbons (Fsp3) is 0.947. The summed E-state index contributed by atoms with van der Waals surface area (Å²) in [4.78, 5) is 72.6. The molecule has 0 aromatic heterocycles. The Bertz CT molecular complexity index is 1840. The van der Waals surface area contributed by atoms with Gasteiger partial charge in [-0.2, -0.15) is 0 Å². The van der Waals surface area contributed by atoms with Gasteiger partial charge in [-0.05, 0) is 37.5 Å². The van der Waals surface area contributed by atoms with E-state index < -0.39 is 97.5 Å². The molecule has 0 saturated carbocycles. The van der Waals surface area contributed by atoms with Crippen molar-refractivity contribution in [2.24, 2.45) is 11.8 Å².